The molecule has 28 heavy (non-hydrogen) atoms. The molecule has 4 nitrogen and oxygen atoms in total. The SMILES string of the molecule is CC(=O)OC(C)C(=O)[C@@]1(C)CC[C@H]2[C@@H]3CCC4=CC(=O)CCC4=C3CC[C@@]21C. The molecule has 0 aromatic heterocycles. The molecule has 1 unspecified atom stereocenters. The highest BCUT2D eigenvalue weighted by Crippen LogP contribution is 2.67. The molecule has 0 N–H and O–H groups in total. The summed E-state index contributed by atoms with van der Waals surface area (Å²) in [7, 11) is 0. The van der Waals surface area contributed by atoms with Crippen LogP contribution in [0.15, 0.2) is 22.8 Å². The van der Waals surface area contributed by atoms with Gasteiger partial charge in [0, 0.05) is 18.8 Å². The fourth-order valence-electron chi connectivity index (χ4n) is 6.96. The molecular formula is C24H32O4. The monoisotopic (exact) mass is 384 g/mol. The minimum absolute atomic E-state index is 0.0566. The molecule has 0 aromatic carbocycles. The van der Waals surface area contributed by atoms with Gasteiger partial charge in [-0.3, -0.25) is 14.4 Å². The minimum atomic E-state index is -0.678. The Morgan fingerprint density at radius 2 is 1.86 bits per heavy atom. The predicted octanol–water partition coefficient (Wildman–Crippen LogP) is 4.72. The molecule has 0 aromatic rings. The van der Waals surface area contributed by atoms with E-state index < -0.39 is 17.5 Å². The Bertz CT molecular complexity index is 803. The molecule has 4 heteroatoms. The number of ether oxygens (including phenoxy) is 1. The first kappa shape index (κ1) is 19.6. The number of Topliss-reactive ketones (excluding diaryl/α,β-unsaturated/α-hetero) is 1. The van der Waals surface area contributed by atoms with E-state index in [-0.39, 0.29) is 17.0 Å². The molecule has 5 atom stereocenters. The van der Waals surface area contributed by atoms with Crippen molar-refractivity contribution in [3.05, 3.63) is 22.8 Å². The third-order valence-electron chi connectivity index (χ3n) is 8.59. The van der Waals surface area contributed by atoms with Crippen molar-refractivity contribution in [1.82, 2.24) is 0 Å². The molecular weight excluding hydrogens is 352 g/mol. The first-order valence-electron chi connectivity index (χ1n) is 10.8. The van der Waals surface area contributed by atoms with Crippen LogP contribution in [0.4, 0.5) is 0 Å². The van der Waals surface area contributed by atoms with Gasteiger partial charge in [-0.15, -0.1) is 0 Å². The van der Waals surface area contributed by atoms with Crippen molar-refractivity contribution in [1.29, 1.82) is 0 Å². The molecule has 0 heterocycles. The summed E-state index contributed by atoms with van der Waals surface area (Å²) in [6.07, 6.45) is 8.82. The van der Waals surface area contributed by atoms with Crippen LogP contribution in [0.3, 0.4) is 0 Å². The van der Waals surface area contributed by atoms with Crippen molar-refractivity contribution < 1.29 is 19.1 Å². The molecule has 0 radical (unpaired) electrons. The number of rotatable bonds is 3. The molecule has 152 valence electrons. The maximum Gasteiger partial charge on any atom is 0.303 e. The molecule has 4 aliphatic carbocycles. The van der Waals surface area contributed by atoms with Crippen molar-refractivity contribution in [3.63, 3.8) is 0 Å². The maximum absolute atomic E-state index is 13.4. The van der Waals surface area contributed by atoms with Crippen LogP contribution in [0.25, 0.3) is 0 Å². The second kappa shape index (κ2) is 6.67. The second-order valence-corrected chi connectivity index (χ2v) is 9.80. The van der Waals surface area contributed by atoms with E-state index >= 15 is 0 Å². The van der Waals surface area contributed by atoms with Gasteiger partial charge in [0.15, 0.2) is 17.7 Å². The Morgan fingerprint density at radius 1 is 1.11 bits per heavy atom. The summed E-state index contributed by atoms with van der Waals surface area (Å²) in [5.74, 6) is 1.01. The number of ketones is 2. The van der Waals surface area contributed by atoms with Gasteiger partial charge in [-0.2, -0.15) is 0 Å². The van der Waals surface area contributed by atoms with Crippen LogP contribution in [0.5, 0.6) is 0 Å². The Labute approximate surface area is 167 Å². The average Bonchev–Trinajstić information content (AvgIpc) is 2.92. The minimum Gasteiger partial charge on any atom is -0.455 e. The summed E-state index contributed by atoms with van der Waals surface area (Å²) in [4.78, 5) is 36.6. The number of fused-ring (bicyclic) bond motifs is 4. The normalized spacial score (nSPS) is 38.1. The van der Waals surface area contributed by atoms with Crippen molar-refractivity contribution in [2.24, 2.45) is 22.7 Å². The van der Waals surface area contributed by atoms with Gasteiger partial charge in [0.1, 0.15) is 0 Å². The molecule has 0 saturated heterocycles. The summed E-state index contributed by atoms with van der Waals surface area (Å²) in [5, 5.41) is 0. The van der Waals surface area contributed by atoms with E-state index in [4.69, 9.17) is 4.74 Å². The third kappa shape index (κ3) is 2.74. The molecule has 2 saturated carbocycles. The van der Waals surface area contributed by atoms with Crippen molar-refractivity contribution >= 4 is 17.5 Å². The van der Waals surface area contributed by atoms with Gasteiger partial charge in [-0.1, -0.05) is 19.4 Å². The van der Waals surface area contributed by atoms with E-state index in [0.29, 0.717) is 18.3 Å². The predicted molar refractivity (Wildman–Crippen MR) is 106 cm³/mol. The van der Waals surface area contributed by atoms with Crippen LogP contribution in [-0.2, 0) is 19.1 Å². The molecule has 0 aliphatic heterocycles. The van der Waals surface area contributed by atoms with Crippen LogP contribution in [-0.4, -0.2) is 23.6 Å². The first-order valence-corrected chi connectivity index (χ1v) is 10.8. The smallest absolute Gasteiger partial charge is 0.303 e. The quantitative estimate of drug-likeness (QED) is 0.661. The first-order chi connectivity index (χ1) is 13.2. The lowest BCUT2D eigenvalue weighted by Crippen LogP contribution is -2.50. The van der Waals surface area contributed by atoms with Gasteiger partial charge < -0.3 is 4.74 Å². The zero-order chi connectivity index (χ0) is 20.3. The second-order valence-electron chi connectivity index (χ2n) is 9.80. The van der Waals surface area contributed by atoms with Crippen molar-refractivity contribution in [2.75, 3.05) is 0 Å². The zero-order valence-electron chi connectivity index (χ0n) is 17.6. The van der Waals surface area contributed by atoms with Gasteiger partial charge >= 0.3 is 5.97 Å². The number of allylic oxidation sites excluding steroid dienone is 4. The van der Waals surface area contributed by atoms with Gasteiger partial charge in [0.2, 0.25) is 0 Å². The largest absolute Gasteiger partial charge is 0.455 e. The van der Waals surface area contributed by atoms with E-state index in [2.05, 4.69) is 13.8 Å². The van der Waals surface area contributed by atoms with Gasteiger partial charge in [-0.05, 0) is 86.3 Å². The van der Waals surface area contributed by atoms with Crippen molar-refractivity contribution in [3.8, 4) is 0 Å². The number of hydrogen-bond acceptors (Lipinski definition) is 4. The van der Waals surface area contributed by atoms with Gasteiger partial charge in [0.25, 0.3) is 0 Å². The number of esters is 1. The van der Waals surface area contributed by atoms with Crippen LogP contribution in [0.1, 0.15) is 79.1 Å². The Morgan fingerprint density at radius 3 is 2.57 bits per heavy atom. The van der Waals surface area contributed by atoms with E-state index in [1.165, 1.54) is 18.1 Å². The lowest BCUT2D eigenvalue weighted by atomic mass is 9.51. The summed E-state index contributed by atoms with van der Waals surface area (Å²) >= 11 is 0. The Hall–Kier alpha value is -1.71. The lowest BCUT2D eigenvalue weighted by molar-refractivity contribution is -0.159. The number of carbonyl (C=O) groups excluding carboxylic acids is 3. The molecule has 2 fully saturated rings. The summed E-state index contributed by atoms with van der Waals surface area (Å²) in [5.41, 5.74) is 3.83. The average molecular weight is 385 g/mol. The Kier molecular flexibility index (Phi) is 4.67. The van der Waals surface area contributed by atoms with Crippen LogP contribution in [0.2, 0.25) is 0 Å². The third-order valence-corrected chi connectivity index (χ3v) is 8.59. The highest BCUT2D eigenvalue weighted by molar-refractivity contribution is 5.93. The fourth-order valence-corrected chi connectivity index (χ4v) is 6.96. The van der Waals surface area contributed by atoms with Crippen LogP contribution in [0, 0.1) is 22.7 Å². The summed E-state index contributed by atoms with van der Waals surface area (Å²) in [6, 6.07) is 0. The zero-order valence-corrected chi connectivity index (χ0v) is 17.6. The molecule has 4 rings (SSSR count). The lowest BCUT2D eigenvalue weighted by Gasteiger charge is -2.52. The molecule has 0 spiro atoms. The topological polar surface area (TPSA) is 60.4 Å². The number of hydrogen-bond donors (Lipinski definition) is 0. The molecule has 4 aliphatic rings. The van der Waals surface area contributed by atoms with E-state index in [0.717, 1.165) is 44.9 Å². The van der Waals surface area contributed by atoms with E-state index in [1.807, 2.05) is 6.08 Å². The fraction of sp³-hybridized carbons (Fsp3) is 0.708. The van der Waals surface area contributed by atoms with Crippen LogP contribution < -0.4 is 0 Å². The Balaban J connectivity index is 1.65. The maximum atomic E-state index is 13.4. The van der Waals surface area contributed by atoms with Gasteiger partial charge in [0.05, 0.1) is 0 Å². The van der Waals surface area contributed by atoms with Gasteiger partial charge in [-0.25, -0.2) is 0 Å². The standard InChI is InChI=1S/C24H32O4/c1-14(28-15(2)25)22(27)24(4)12-10-21-20-7-5-16-13-17(26)6-8-18(16)19(20)9-11-23(21,24)3/h13-14,20-21H,5-12H2,1-4H3/t14?,20-,21+,23+,24-/m1/s1. The summed E-state index contributed by atoms with van der Waals surface area (Å²) in [6.45, 7) is 7.51. The molecule has 0 bridgehead atoms. The van der Waals surface area contributed by atoms with E-state index in [9.17, 15) is 14.4 Å². The summed E-state index contributed by atoms with van der Waals surface area (Å²) < 4.78 is 5.26. The number of carbonyl (C=O) groups is 3. The highest BCUT2D eigenvalue weighted by Gasteiger charge is 2.62. The van der Waals surface area contributed by atoms with Crippen LogP contribution >= 0.6 is 0 Å². The highest BCUT2D eigenvalue weighted by atomic mass is 16.5. The van der Waals surface area contributed by atoms with E-state index in [1.54, 1.807) is 12.5 Å². The van der Waals surface area contributed by atoms with Crippen molar-refractivity contribution in [2.45, 2.75) is 85.2 Å². The molecule has 0 amide bonds.